The molecule has 5 heteroatoms. The van der Waals surface area contributed by atoms with E-state index in [0.29, 0.717) is 24.0 Å². The Morgan fingerprint density at radius 1 is 1.32 bits per heavy atom. The van der Waals surface area contributed by atoms with Gasteiger partial charge in [-0.25, -0.2) is 4.99 Å². The highest BCUT2D eigenvalue weighted by atomic mass is 32.1. The van der Waals surface area contributed by atoms with Crippen molar-refractivity contribution in [3.63, 3.8) is 0 Å². The molecule has 3 rings (SSSR count). The third-order valence-corrected chi connectivity index (χ3v) is 6.56. The second kappa shape index (κ2) is 8.36. The fourth-order valence-electron chi connectivity index (χ4n) is 3.69. The van der Waals surface area contributed by atoms with E-state index in [0.717, 1.165) is 35.4 Å². The van der Waals surface area contributed by atoms with Gasteiger partial charge in [0.2, 0.25) is 0 Å². The van der Waals surface area contributed by atoms with E-state index in [4.69, 9.17) is 9.47 Å². The van der Waals surface area contributed by atoms with E-state index in [9.17, 15) is 5.26 Å². The van der Waals surface area contributed by atoms with Crippen LogP contribution in [0.4, 0.5) is 5.00 Å². The van der Waals surface area contributed by atoms with Gasteiger partial charge < -0.3 is 9.47 Å². The Morgan fingerprint density at radius 3 is 2.75 bits per heavy atom. The van der Waals surface area contributed by atoms with Gasteiger partial charge in [-0.3, -0.25) is 0 Å². The van der Waals surface area contributed by atoms with Crippen molar-refractivity contribution in [2.45, 2.75) is 47.0 Å². The molecule has 1 atom stereocenters. The molecule has 1 aromatic carbocycles. The van der Waals surface area contributed by atoms with E-state index in [-0.39, 0.29) is 5.41 Å². The molecule has 0 fully saturated rings. The molecular formula is C23H28N2O2S. The van der Waals surface area contributed by atoms with Crippen molar-refractivity contribution in [3.05, 3.63) is 39.8 Å². The molecule has 1 aliphatic carbocycles. The standard InChI is InChI=1S/C23H28N2O2S/c1-6-27-20-11-15(7-10-19(20)26-5)14-25-22-18(13-24)17-9-8-16(23(2,3)4)12-21(17)28-22/h7,10-11,14,16H,6,8-9,12H2,1-5H3/t16-/m1/s1. The summed E-state index contributed by atoms with van der Waals surface area (Å²) in [7, 11) is 1.63. The molecule has 0 bridgehead atoms. The molecule has 0 unspecified atom stereocenters. The van der Waals surface area contributed by atoms with Gasteiger partial charge in [-0.15, -0.1) is 11.3 Å². The Labute approximate surface area is 171 Å². The third kappa shape index (κ3) is 4.23. The monoisotopic (exact) mass is 396 g/mol. The number of rotatable bonds is 5. The summed E-state index contributed by atoms with van der Waals surface area (Å²) in [5.74, 6) is 2.06. The van der Waals surface area contributed by atoms with Gasteiger partial charge in [-0.1, -0.05) is 20.8 Å². The van der Waals surface area contributed by atoms with Gasteiger partial charge in [0.05, 0.1) is 19.3 Å². The maximum atomic E-state index is 9.71. The van der Waals surface area contributed by atoms with Gasteiger partial charge in [-0.05, 0) is 66.8 Å². The Kier molecular flexibility index (Phi) is 6.10. The van der Waals surface area contributed by atoms with Gasteiger partial charge in [-0.2, -0.15) is 5.26 Å². The van der Waals surface area contributed by atoms with Crippen LogP contribution < -0.4 is 9.47 Å². The fourth-order valence-corrected chi connectivity index (χ4v) is 4.91. The topological polar surface area (TPSA) is 54.6 Å². The van der Waals surface area contributed by atoms with Crippen LogP contribution >= 0.6 is 11.3 Å². The molecular weight excluding hydrogens is 368 g/mol. The first-order valence-electron chi connectivity index (χ1n) is 9.76. The molecule has 148 valence electrons. The largest absolute Gasteiger partial charge is 0.493 e. The van der Waals surface area contributed by atoms with Crippen molar-refractivity contribution in [2.24, 2.45) is 16.3 Å². The molecule has 0 aliphatic heterocycles. The maximum Gasteiger partial charge on any atom is 0.161 e. The van der Waals surface area contributed by atoms with Crippen molar-refractivity contribution in [1.82, 2.24) is 0 Å². The summed E-state index contributed by atoms with van der Waals surface area (Å²) in [4.78, 5) is 6.00. The Balaban J connectivity index is 1.89. The van der Waals surface area contributed by atoms with Crippen molar-refractivity contribution in [2.75, 3.05) is 13.7 Å². The van der Waals surface area contributed by atoms with Crippen LogP contribution in [0, 0.1) is 22.7 Å². The predicted octanol–water partition coefficient (Wildman–Crippen LogP) is 5.93. The molecule has 0 amide bonds. The molecule has 1 heterocycles. The van der Waals surface area contributed by atoms with E-state index >= 15 is 0 Å². The Hall–Kier alpha value is -2.32. The summed E-state index contributed by atoms with van der Waals surface area (Å²) in [6.45, 7) is 9.43. The van der Waals surface area contributed by atoms with Crippen LogP contribution in [0.3, 0.4) is 0 Å². The summed E-state index contributed by atoms with van der Waals surface area (Å²) in [6, 6.07) is 8.14. The summed E-state index contributed by atoms with van der Waals surface area (Å²) >= 11 is 1.67. The molecule has 1 aromatic heterocycles. The fraction of sp³-hybridized carbons (Fsp3) is 0.478. The predicted molar refractivity (Wildman–Crippen MR) is 115 cm³/mol. The minimum absolute atomic E-state index is 0.288. The Bertz CT molecular complexity index is 916. The van der Waals surface area contributed by atoms with E-state index in [1.807, 2.05) is 25.1 Å². The third-order valence-electron chi connectivity index (χ3n) is 5.40. The van der Waals surface area contributed by atoms with E-state index in [1.165, 1.54) is 10.4 Å². The molecule has 0 spiro atoms. The second-order valence-electron chi connectivity index (χ2n) is 8.20. The van der Waals surface area contributed by atoms with Crippen LogP contribution in [0.25, 0.3) is 0 Å². The first-order chi connectivity index (χ1) is 13.4. The normalized spacial score (nSPS) is 16.6. The zero-order chi connectivity index (χ0) is 20.3. The van der Waals surface area contributed by atoms with Gasteiger partial charge in [0.15, 0.2) is 11.5 Å². The average Bonchev–Trinajstić information content (AvgIpc) is 3.02. The lowest BCUT2D eigenvalue weighted by Gasteiger charge is -2.33. The zero-order valence-corrected chi connectivity index (χ0v) is 18.2. The van der Waals surface area contributed by atoms with Crippen LogP contribution in [-0.4, -0.2) is 19.9 Å². The van der Waals surface area contributed by atoms with Gasteiger partial charge in [0, 0.05) is 11.1 Å². The minimum Gasteiger partial charge on any atom is -0.493 e. The molecule has 1 aliphatic rings. The maximum absolute atomic E-state index is 9.71. The van der Waals surface area contributed by atoms with Crippen molar-refractivity contribution >= 4 is 22.6 Å². The van der Waals surface area contributed by atoms with Crippen LogP contribution in [0.15, 0.2) is 23.2 Å². The number of hydrogen-bond donors (Lipinski definition) is 0. The van der Waals surface area contributed by atoms with Crippen molar-refractivity contribution in [1.29, 1.82) is 5.26 Å². The molecule has 0 saturated heterocycles. The first-order valence-corrected chi connectivity index (χ1v) is 10.6. The number of hydrogen-bond acceptors (Lipinski definition) is 5. The molecule has 28 heavy (non-hydrogen) atoms. The number of nitriles is 1. The lowest BCUT2D eigenvalue weighted by Crippen LogP contribution is -2.26. The number of methoxy groups -OCH3 is 1. The molecule has 4 nitrogen and oxygen atoms in total. The average molecular weight is 397 g/mol. The lowest BCUT2D eigenvalue weighted by atomic mass is 9.72. The molecule has 0 saturated carbocycles. The number of thiophene rings is 1. The highest BCUT2D eigenvalue weighted by Gasteiger charge is 2.32. The van der Waals surface area contributed by atoms with Crippen molar-refractivity contribution < 1.29 is 9.47 Å². The van der Waals surface area contributed by atoms with Crippen LogP contribution in [-0.2, 0) is 12.8 Å². The number of ether oxygens (including phenoxy) is 2. The van der Waals surface area contributed by atoms with Crippen LogP contribution in [0.2, 0.25) is 0 Å². The quantitative estimate of drug-likeness (QED) is 0.589. The Morgan fingerprint density at radius 2 is 2.11 bits per heavy atom. The van der Waals surface area contributed by atoms with Crippen molar-refractivity contribution in [3.8, 4) is 17.6 Å². The van der Waals surface area contributed by atoms with Gasteiger partial charge in [0.1, 0.15) is 11.1 Å². The van der Waals surface area contributed by atoms with Crippen LogP contribution in [0.1, 0.15) is 55.7 Å². The van der Waals surface area contributed by atoms with E-state index < -0.39 is 0 Å². The number of fused-ring (bicyclic) bond motifs is 1. The summed E-state index contributed by atoms with van der Waals surface area (Å²) in [6.07, 6.45) is 4.97. The zero-order valence-electron chi connectivity index (χ0n) is 17.3. The summed E-state index contributed by atoms with van der Waals surface area (Å²) in [5.41, 5.74) is 3.18. The van der Waals surface area contributed by atoms with Gasteiger partial charge >= 0.3 is 0 Å². The molecule has 0 radical (unpaired) electrons. The summed E-state index contributed by atoms with van der Waals surface area (Å²) in [5, 5.41) is 10.5. The number of aliphatic imine (C=N–C) groups is 1. The van der Waals surface area contributed by atoms with Crippen LogP contribution in [0.5, 0.6) is 11.5 Å². The molecule has 0 N–H and O–H groups in total. The summed E-state index contributed by atoms with van der Waals surface area (Å²) < 4.78 is 11.0. The highest BCUT2D eigenvalue weighted by Crippen LogP contribution is 2.44. The number of benzene rings is 1. The van der Waals surface area contributed by atoms with E-state index in [1.54, 1.807) is 24.7 Å². The van der Waals surface area contributed by atoms with Gasteiger partial charge in [0.25, 0.3) is 0 Å². The highest BCUT2D eigenvalue weighted by molar-refractivity contribution is 7.16. The molecule has 2 aromatic rings. The second-order valence-corrected chi connectivity index (χ2v) is 9.29. The van der Waals surface area contributed by atoms with E-state index in [2.05, 4.69) is 31.8 Å². The number of nitrogens with zero attached hydrogens (tertiary/aromatic N) is 2. The first kappa shape index (κ1) is 20.4. The smallest absolute Gasteiger partial charge is 0.161 e. The minimum atomic E-state index is 0.288. The SMILES string of the molecule is CCOc1cc(C=Nc2sc3c(c2C#N)CC[C@@H](C(C)(C)C)C3)ccc1OC. The lowest BCUT2D eigenvalue weighted by molar-refractivity contribution is 0.218.